The summed E-state index contributed by atoms with van der Waals surface area (Å²) in [6.07, 6.45) is 3.05. The Morgan fingerprint density at radius 2 is 1.71 bits per heavy atom. The molecular formula is C26H23N3OS. The van der Waals surface area contributed by atoms with Crippen molar-refractivity contribution in [3.63, 3.8) is 0 Å². The van der Waals surface area contributed by atoms with Gasteiger partial charge in [0.05, 0.1) is 18.5 Å². The van der Waals surface area contributed by atoms with Crippen LogP contribution in [-0.2, 0) is 13.0 Å². The maximum atomic E-state index is 5.33. The summed E-state index contributed by atoms with van der Waals surface area (Å²) in [7, 11) is 1.69. The lowest BCUT2D eigenvalue weighted by Gasteiger charge is -2.10. The maximum absolute atomic E-state index is 5.33. The minimum atomic E-state index is 0.846. The zero-order valence-electron chi connectivity index (χ0n) is 17.3. The molecular weight excluding hydrogens is 402 g/mol. The number of benzene rings is 3. The molecule has 0 fully saturated rings. The second-order valence-corrected chi connectivity index (χ2v) is 8.18. The van der Waals surface area contributed by atoms with Crippen molar-refractivity contribution in [3.8, 4) is 17.0 Å². The van der Waals surface area contributed by atoms with Gasteiger partial charge < -0.3 is 14.3 Å². The Hall–Kier alpha value is -3.57. The second-order valence-electron chi connectivity index (χ2n) is 7.34. The Labute approximate surface area is 185 Å². The van der Waals surface area contributed by atoms with Crippen LogP contribution in [0.5, 0.6) is 5.75 Å². The van der Waals surface area contributed by atoms with Crippen LogP contribution in [0.2, 0.25) is 0 Å². The van der Waals surface area contributed by atoms with Crippen molar-refractivity contribution in [1.29, 1.82) is 0 Å². The first-order chi connectivity index (χ1) is 15.3. The lowest BCUT2D eigenvalue weighted by molar-refractivity contribution is 0.415. The molecule has 0 unspecified atom stereocenters. The molecule has 5 rings (SSSR count). The highest BCUT2D eigenvalue weighted by molar-refractivity contribution is 7.07. The van der Waals surface area contributed by atoms with Crippen LogP contribution < -0.4 is 9.54 Å². The summed E-state index contributed by atoms with van der Waals surface area (Å²) >= 11 is 1.67. The van der Waals surface area contributed by atoms with E-state index in [1.165, 1.54) is 22.2 Å². The Kier molecular flexibility index (Phi) is 5.42. The molecule has 0 aliphatic carbocycles. The van der Waals surface area contributed by atoms with Crippen LogP contribution >= 0.6 is 11.3 Å². The summed E-state index contributed by atoms with van der Waals surface area (Å²) in [4.78, 5) is 9.32. The molecule has 31 heavy (non-hydrogen) atoms. The van der Waals surface area contributed by atoms with Crippen molar-refractivity contribution in [3.05, 3.63) is 101 Å². The van der Waals surface area contributed by atoms with Gasteiger partial charge in [0.2, 0.25) is 0 Å². The van der Waals surface area contributed by atoms with Crippen LogP contribution in [0.4, 0.5) is 5.69 Å². The summed E-state index contributed by atoms with van der Waals surface area (Å²) in [5.41, 5.74) is 5.79. The first-order valence-corrected chi connectivity index (χ1v) is 11.2. The molecule has 0 saturated carbocycles. The van der Waals surface area contributed by atoms with E-state index in [-0.39, 0.29) is 0 Å². The monoisotopic (exact) mass is 425 g/mol. The summed E-state index contributed by atoms with van der Waals surface area (Å²) in [5, 5.41) is 3.48. The number of para-hydroxylation sites is 2. The number of thiazole rings is 1. The molecule has 0 saturated heterocycles. The van der Waals surface area contributed by atoms with Gasteiger partial charge in [-0.2, -0.15) is 0 Å². The fraction of sp³-hybridized carbons (Fsp3) is 0.115. The van der Waals surface area contributed by atoms with Gasteiger partial charge in [-0.15, -0.1) is 11.3 Å². The fourth-order valence-corrected chi connectivity index (χ4v) is 4.77. The number of fused-ring (bicyclic) bond motifs is 1. The Bertz CT molecular complexity index is 1360. The number of hydrogen-bond donors (Lipinski definition) is 1. The maximum Gasteiger partial charge on any atom is 0.190 e. The Morgan fingerprint density at radius 1 is 0.935 bits per heavy atom. The van der Waals surface area contributed by atoms with Crippen LogP contribution in [0.1, 0.15) is 5.56 Å². The number of hydrogen-bond acceptors (Lipinski definition) is 3. The van der Waals surface area contributed by atoms with Crippen molar-refractivity contribution < 1.29 is 4.74 Å². The number of nitrogens with one attached hydrogen (secondary N) is 1. The topological polar surface area (TPSA) is 42.3 Å². The van der Waals surface area contributed by atoms with Crippen molar-refractivity contribution in [2.45, 2.75) is 13.0 Å². The predicted molar refractivity (Wildman–Crippen MR) is 128 cm³/mol. The van der Waals surface area contributed by atoms with E-state index >= 15 is 0 Å². The highest BCUT2D eigenvalue weighted by Gasteiger charge is 2.10. The Balaban J connectivity index is 1.55. The summed E-state index contributed by atoms with van der Waals surface area (Å²) in [6, 6.07) is 26.8. The van der Waals surface area contributed by atoms with Crippen molar-refractivity contribution in [2.75, 3.05) is 7.11 Å². The molecule has 154 valence electrons. The molecule has 5 heteroatoms. The van der Waals surface area contributed by atoms with E-state index in [9.17, 15) is 0 Å². The van der Waals surface area contributed by atoms with Crippen molar-refractivity contribution in [1.82, 2.24) is 9.55 Å². The molecule has 3 aromatic carbocycles. The first kappa shape index (κ1) is 19.4. The summed E-state index contributed by atoms with van der Waals surface area (Å²) < 4.78 is 7.65. The number of rotatable bonds is 6. The van der Waals surface area contributed by atoms with Gasteiger partial charge in [-0.3, -0.25) is 0 Å². The van der Waals surface area contributed by atoms with Crippen LogP contribution in [0.3, 0.4) is 0 Å². The van der Waals surface area contributed by atoms with E-state index < -0.39 is 0 Å². The van der Waals surface area contributed by atoms with E-state index in [0.29, 0.717) is 0 Å². The van der Waals surface area contributed by atoms with Crippen molar-refractivity contribution >= 4 is 27.9 Å². The number of aromatic amines is 1. The predicted octanol–water partition coefficient (Wildman–Crippen LogP) is 6.18. The van der Waals surface area contributed by atoms with Gasteiger partial charge in [0.25, 0.3) is 0 Å². The molecule has 2 aromatic heterocycles. The molecule has 4 nitrogen and oxygen atoms in total. The molecule has 0 atom stereocenters. The molecule has 2 heterocycles. The third kappa shape index (κ3) is 4.05. The van der Waals surface area contributed by atoms with Gasteiger partial charge in [0.1, 0.15) is 5.75 Å². The zero-order chi connectivity index (χ0) is 21.0. The van der Waals surface area contributed by atoms with E-state index in [1.807, 2.05) is 42.5 Å². The standard InChI is InChI=1S/C26H23N3OS/c1-30-22-13-11-19(12-14-22)25-18-31-26(28-21-7-3-2-4-8-21)29(25)16-15-20-17-27-24-10-6-5-9-23(20)24/h2-14,17-18,27H,15-16H2,1H3. The van der Waals surface area contributed by atoms with Gasteiger partial charge in [0.15, 0.2) is 4.80 Å². The van der Waals surface area contributed by atoms with Crippen LogP contribution in [0, 0.1) is 0 Å². The van der Waals surface area contributed by atoms with E-state index in [4.69, 9.17) is 9.73 Å². The normalized spacial score (nSPS) is 11.8. The third-order valence-corrected chi connectivity index (χ3v) is 6.31. The minimum Gasteiger partial charge on any atom is -0.497 e. The van der Waals surface area contributed by atoms with Gasteiger partial charge in [-0.25, -0.2) is 4.99 Å². The molecule has 0 aliphatic rings. The number of methoxy groups -OCH3 is 1. The van der Waals surface area contributed by atoms with Crippen LogP contribution in [0.15, 0.2) is 95.4 Å². The molecule has 1 N–H and O–H groups in total. The molecule has 0 spiro atoms. The molecule has 0 aliphatic heterocycles. The van der Waals surface area contributed by atoms with Crippen molar-refractivity contribution in [2.24, 2.45) is 4.99 Å². The highest BCUT2D eigenvalue weighted by atomic mass is 32.1. The lowest BCUT2D eigenvalue weighted by atomic mass is 10.1. The summed E-state index contributed by atoms with van der Waals surface area (Å²) in [6.45, 7) is 0.846. The van der Waals surface area contributed by atoms with E-state index in [0.717, 1.165) is 34.8 Å². The Morgan fingerprint density at radius 3 is 2.52 bits per heavy atom. The van der Waals surface area contributed by atoms with E-state index in [2.05, 4.69) is 57.5 Å². The SMILES string of the molecule is COc1ccc(-c2csc(=Nc3ccccc3)n2CCc2c[nH]c3ccccc23)cc1. The van der Waals surface area contributed by atoms with Gasteiger partial charge in [-0.05, 0) is 60.0 Å². The molecule has 5 aromatic rings. The smallest absolute Gasteiger partial charge is 0.190 e. The first-order valence-electron chi connectivity index (χ1n) is 10.3. The summed E-state index contributed by atoms with van der Waals surface area (Å²) in [5.74, 6) is 0.860. The minimum absolute atomic E-state index is 0.846. The highest BCUT2D eigenvalue weighted by Crippen LogP contribution is 2.25. The number of ether oxygens (including phenoxy) is 1. The molecule has 0 bridgehead atoms. The number of H-pyrrole nitrogens is 1. The third-order valence-electron chi connectivity index (χ3n) is 5.44. The van der Waals surface area contributed by atoms with Gasteiger partial charge >= 0.3 is 0 Å². The number of aromatic nitrogens is 2. The average molecular weight is 426 g/mol. The quantitative estimate of drug-likeness (QED) is 0.347. The molecule has 0 amide bonds. The largest absolute Gasteiger partial charge is 0.497 e. The van der Waals surface area contributed by atoms with Gasteiger partial charge in [0, 0.05) is 29.0 Å². The fourth-order valence-electron chi connectivity index (χ4n) is 3.81. The average Bonchev–Trinajstić information content (AvgIpc) is 3.42. The van der Waals surface area contributed by atoms with E-state index in [1.54, 1.807) is 18.4 Å². The zero-order valence-corrected chi connectivity index (χ0v) is 18.1. The van der Waals surface area contributed by atoms with Crippen LogP contribution in [-0.4, -0.2) is 16.7 Å². The number of aryl methyl sites for hydroxylation is 1. The molecule has 0 radical (unpaired) electrons. The second kappa shape index (κ2) is 8.66. The number of nitrogens with zero attached hydrogens (tertiary/aromatic N) is 2. The lowest BCUT2D eigenvalue weighted by Crippen LogP contribution is -2.17. The van der Waals surface area contributed by atoms with Gasteiger partial charge in [-0.1, -0.05) is 36.4 Å². The van der Waals surface area contributed by atoms with Crippen LogP contribution in [0.25, 0.3) is 22.2 Å².